The monoisotopic (exact) mass is 142 g/mol. The lowest BCUT2D eigenvalue weighted by Crippen LogP contribution is -2.04. The molecule has 0 saturated carbocycles. The topological polar surface area (TPSA) is 46.5 Å². The van der Waals surface area contributed by atoms with E-state index in [1.54, 1.807) is 6.92 Å². The Morgan fingerprint density at radius 1 is 1.80 bits per heavy atom. The molecular formula is C7H10O3. The van der Waals surface area contributed by atoms with E-state index < -0.39 is 5.97 Å². The molecule has 0 bridgehead atoms. The van der Waals surface area contributed by atoms with Gasteiger partial charge >= 0.3 is 5.97 Å². The van der Waals surface area contributed by atoms with Crippen LogP contribution >= 0.6 is 0 Å². The molecule has 3 heteroatoms. The standard InChI is InChI=1S/C7H10O3/c1-3-10-6(2)4-5-7(8)9/h6H,3H2,1-2H3,(H,8,9). The summed E-state index contributed by atoms with van der Waals surface area (Å²) in [4.78, 5) is 9.88. The van der Waals surface area contributed by atoms with E-state index in [2.05, 4.69) is 5.92 Å². The van der Waals surface area contributed by atoms with E-state index in [0.717, 1.165) is 0 Å². The summed E-state index contributed by atoms with van der Waals surface area (Å²) in [7, 11) is 0. The van der Waals surface area contributed by atoms with Crippen molar-refractivity contribution in [3.8, 4) is 11.8 Å². The normalized spacial score (nSPS) is 11.4. The van der Waals surface area contributed by atoms with Crippen molar-refractivity contribution in [2.75, 3.05) is 6.61 Å². The van der Waals surface area contributed by atoms with E-state index in [-0.39, 0.29) is 6.10 Å². The van der Waals surface area contributed by atoms with Gasteiger partial charge in [0.15, 0.2) is 0 Å². The SMILES string of the molecule is CCOC(C)C#CC(=O)O. The Morgan fingerprint density at radius 2 is 2.40 bits per heavy atom. The molecule has 0 aliphatic rings. The predicted octanol–water partition coefficient (Wildman–Crippen LogP) is 0.499. The molecule has 0 fully saturated rings. The van der Waals surface area contributed by atoms with Crippen LogP contribution in [0.25, 0.3) is 0 Å². The minimum Gasteiger partial charge on any atom is -0.472 e. The molecule has 0 radical (unpaired) electrons. The zero-order valence-corrected chi connectivity index (χ0v) is 6.05. The van der Waals surface area contributed by atoms with Gasteiger partial charge in [0, 0.05) is 12.5 Å². The molecule has 0 aromatic rings. The molecule has 0 rings (SSSR count). The lowest BCUT2D eigenvalue weighted by Gasteiger charge is -2.00. The second-order valence-corrected chi connectivity index (χ2v) is 1.67. The van der Waals surface area contributed by atoms with Crippen LogP contribution in [0.15, 0.2) is 0 Å². The number of carbonyl (C=O) groups is 1. The van der Waals surface area contributed by atoms with Gasteiger partial charge in [-0.1, -0.05) is 5.92 Å². The number of rotatable bonds is 2. The van der Waals surface area contributed by atoms with E-state index in [1.165, 1.54) is 0 Å². The summed E-state index contributed by atoms with van der Waals surface area (Å²) in [6, 6.07) is 0. The maximum atomic E-state index is 9.88. The van der Waals surface area contributed by atoms with E-state index in [1.807, 2.05) is 12.8 Å². The van der Waals surface area contributed by atoms with E-state index in [0.29, 0.717) is 6.61 Å². The second-order valence-electron chi connectivity index (χ2n) is 1.67. The Morgan fingerprint density at radius 3 is 2.80 bits per heavy atom. The highest BCUT2D eigenvalue weighted by Gasteiger charge is 1.92. The Kier molecular flexibility index (Phi) is 4.34. The third-order valence-electron chi connectivity index (χ3n) is 0.799. The average Bonchev–Trinajstić information content (AvgIpc) is 1.85. The molecule has 1 N–H and O–H groups in total. The van der Waals surface area contributed by atoms with Gasteiger partial charge in [-0.2, -0.15) is 0 Å². The molecule has 10 heavy (non-hydrogen) atoms. The first-order valence-electron chi connectivity index (χ1n) is 3.03. The third kappa shape index (κ3) is 5.13. The summed E-state index contributed by atoms with van der Waals surface area (Å²) >= 11 is 0. The van der Waals surface area contributed by atoms with Crippen LogP contribution < -0.4 is 0 Å². The average molecular weight is 142 g/mol. The van der Waals surface area contributed by atoms with Gasteiger partial charge < -0.3 is 9.84 Å². The lowest BCUT2D eigenvalue weighted by molar-refractivity contribution is -0.130. The first kappa shape index (κ1) is 8.99. The first-order chi connectivity index (χ1) is 4.66. The summed E-state index contributed by atoms with van der Waals surface area (Å²) in [5, 5.41) is 8.10. The van der Waals surface area contributed by atoms with Crippen molar-refractivity contribution in [3.63, 3.8) is 0 Å². The molecule has 56 valence electrons. The van der Waals surface area contributed by atoms with Crippen molar-refractivity contribution in [2.45, 2.75) is 20.0 Å². The molecule has 1 unspecified atom stereocenters. The van der Waals surface area contributed by atoms with E-state index in [4.69, 9.17) is 9.84 Å². The molecule has 0 saturated heterocycles. The van der Waals surface area contributed by atoms with Gasteiger partial charge in [0.1, 0.15) is 6.10 Å². The highest BCUT2D eigenvalue weighted by Crippen LogP contribution is 1.85. The van der Waals surface area contributed by atoms with Crippen LogP contribution in [0.5, 0.6) is 0 Å². The molecular weight excluding hydrogens is 132 g/mol. The van der Waals surface area contributed by atoms with Gasteiger partial charge in [0.25, 0.3) is 0 Å². The van der Waals surface area contributed by atoms with Gasteiger partial charge in [0.05, 0.1) is 0 Å². The number of carboxylic acids is 1. The van der Waals surface area contributed by atoms with Crippen molar-refractivity contribution in [1.29, 1.82) is 0 Å². The van der Waals surface area contributed by atoms with E-state index >= 15 is 0 Å². The number of aliphatic carboxylic acids is 1. The maximum Gasteiger partial charge on any atom is 0.381 e. The number of hydrogen-bond donors (Lipinski definition) is 1. The first-order valence-corrected chi connectivity index (χ1v) is 3.03. The summed E-state index contributed by atoms with van der Waals surface area (Å²) in [5.74, 6) is 3.26. The van der Waals surface area contributed by atoms with Crippen LogP contribution in [0, 0.1) is 11.8 Å². The van der Waals surface area contributed by atoms with E-state index in [9.17, 15) is 4.79 Å². The highest BCUT2D eigenvalue weighted by molar-refractivity contribution is 5.86. The Labute approximate surface area is 60.0 Å². The zero-order valence-electron chi connectivity index (χ0n) is 6.05. The van der Waals surface area contributed by atoms with Crippen molar-refractivity contribution in [3.05, 3.63) is 0 Å². The fraction of sp³-hybridized carbons (Fsp3) is 0.571. The zero-order chi connectivity index (χ0) is 7.98. The molecule has 0 aliphatic carbocycles. The summed E-state index contributed by atoms with van der Waals surface area (Å²) in [6.45, 7) is 4.09. The molecule has 0 heterocycles. The lowest BCUT2D eigenvalue weighted by atomic mass is 10.4. The molecule has 0 amide bonds. The van der Waals surface area contributed by atoms with Crippen LogP contribution in [0.3, 0.4) is 0 Å². The smallest absolute Gasteiger partial charge is 0.381 e. The van der Waals surface area contributed by atoms with Gasteiger partial charge in [-0.05, 0) is 13.8 Å². The summed E-state index contributed by atoms with van der Waals surface area (Å²) < 4.78 is 4.96. The number of ether oxygens (including phenoxy) is 1. The third-order valence-corrected chi connectivity index (χ3v) is 0.799. The minimum absolute atomic E-state index is 0.291. The van der Waals surface area contributed by atoms with Crippen LogP contribution in [-0.2, 0) is 9.53 Å². The predicted molar refractivity (Wildman–Crippen MR) is 36.5 cm³/mol. The fourth-order valence-corrected chi connectivity index (χ4v) is 0.455. The van der Waals surface area contributed by atoms with Crippen molar-refractivity contribution in [2.24, 2.45) is 0 Å². The van der Waals surface area contributed by atoms with Crippen LogP contribution in [-0.4, -0.2) is 23.8 Å². The fourth-order valence-electron chi connectivity index (χ4n) is 0.455. The molecule has 3 nitrogen and oxygen atoms in total. The molecule has 0 aromatic carbocycles. The molecule has 0 aromatic heterocycles. The van der Waals surface area contributed by atoms with Gasteiger partial charge in [-0.25, -0.2) is 4.79 Å². The van der Waals surface area contributed by atoms with Crippen LogP contribution in [0.4, 0.5) is 0 Å². The summed E-state index contributed by atoms with van der Waals surface area (Å²) in [5.41, 5.74) is 0. The van der Waals surface area contributed by atoms with Crippen molar-refractivity contribution >= 4 is 5.97 Å². The van der Waals surface area contributed by atoms with Gasteiger partial charge in [-0.15, -0.1) is 0 Å². The van der Waals surface area contributed by atoms with Crippen molar-refractivity contribution < 1.29 is 14.6 Å². The van der Waals surface area contributed by atoms with Crippen LogP contribution in [0.1, 0.15) is 13.8 Å². The van der Waals surface area contributed by atoms with Crippen LogP contribution in [0.2, 0.25) is 0 Å². The van der Waals surface area contributed by atoms with Crippen molar-refractivity contribution in [1.82, 2.24) is 0 Å². The quantitative estimate of drug-likeness (QED) is 0.571. The number of hydrogen-bond acceptors (Lipinski definition) is 2. The largest absolute Gasteiger partial charge is 0.472 e. The Hall–Kier alpha value is -1.01. The van der Waals surface area contributed by atoms with Gasteiger partial charge in [0.2, 0.25) is 0 Å². The minimum atomic E-state index is -1.12. The number of carboxylic acid groups (broad SMARTS) is 1. The molecule has 0 spiro atoms. The summed E-state index contributed by atoms with van der Waals surface area (Å²) in [6.07, 6.45) is -0.291. The second kappa shape index (κ2) is 4.83. The highest BCUT2D eigenvalue weighted by atomic mass is 16.5. The maximum absolute atomic E-state index is 9.88. The molecule has 1 atom stereocenters. The van der Waals surface area contributed by atoms with Gasteiger partial charge in [-0.3, -0.25) is 0 Å². The Balaban J connectivity index is 3.68. The molecule has 0 aliphatic heterocycles. The Bertz CT molecular complexity index is 163.